The molecule has 0 fully saturated rings. The second-order valence-corrected chi connectivity index (χ2v) is 12.5. The summed E-state index contributed by atoms with van der Waals surface area (Å²) in [5.41, 5.74) is 4.74. The molecule has 0 spiro atoms. The zero-order valence-corrected chi connectivity index (χ0v) is 21.5. The van der Waals surface area contributed by atoms with Crippen LogP contribution in [-0.4, -0.2) is 15.2 Å². The molecule has 0 radical (unpaired) electrons. The Kier molecular flexibility index (Phi) is 7.34. The molecule has 2 N–H and O–H groups in total. The van der Waals surface area contributed by atoms with Crippen molar-refractivity contribution in [2.24, 2.45) is 4.36 Å². The first-order valence-corrected chi connectivity index (χ1v) is 13.3. The third kappa shape index (κ3) is 5.30. The van der Waals surface area contributed by atoms with Crippen LogP contribution in [0.2, 0.25) is 0 Å². The first kappa shape index (κ1) is 25.4. The molecule has 0 saturated carbocycles. The van der Waals surface area contributed by atoms with Crippen molar-refractivity contribution in [3.05, 3.63) is 50.9 Å². The van der Waals surface area contributed by atoms with E-state index in [9.17, 15) is 19.4 Å². The van der Waals surface area contributed by atoms with Gasteiger partial charge in [0.1, 0.15) is 4.21 Å². The summed E-state index contributed by atoms with van der Waals surface area (Å²) >= 11 is 1.09. The van der Waals surface area contributed by atoms with Crippen LogP contribution in [0.4, 0.5) is 0 Å². The highest BCUT2D eigenvalue weighted by molar-refractivity contribution is 7.94. The Bertz CT molecular complexity index is 1220. The van der Waals surface area contributed by atoms with Gasteiger partial charge in [-0.15, -0.1) is 15.7 Å². The highest BCUT2D eigenvalue weighted by Crippen LogP contribution is 2.37. The Labute approximate surface area is 200 Å². The summed E-state index contributed by atoms with van der Waals surface area (Å²) in [6.07, 6.45) is 1.66. The number of fused-ring (bicyclic) bond motifs is 1. The quantitative estimate of drug-likeness (QED) is 0.427. The SMILES string of the molecule is CC(C)c1cc2c(c(C(C)C)c1CC(=O)N=S(=O)(NC#N)c1cc(C(C)(C)O)cs1)COC2. The topological polar surface area (TPSA) is 112 Å². The zero-order chi connectivity index (χ0) is 24.6. The van der Waals surface area contributed by atoms with Crippen LogP contribution in [0, 0.1) is 11.5 Å². The number of carbonyl (C=O) groups excluding carboxylic acids is 1. The molecule has 178 valence electrons. The van der Waals surface area contributed by atoms with Gasteiger partial charge in [-0.05, 0) is 70.5 Å². The van der Waals surface area contributed by atoms with Crippen LogP contribution < -0.4 is 4.72 Å². The number of hydrogen-bond donors (Lipinski definition) is 2. The third-order valence-electron chi connectivity index (χ3n) is 5.72. The van der Waals surface area contributed by atoms with E-state index in [4.69, 9.17) is 4.74 Å². The first-order valence-electron chi connectivity index (χ1n) is 10.9. The number of benzene rings is 1. The van der Waals surface area contributed by atoms with Crippen LogP contribution in [0.25, 0.3) is 0 Å². The van der Waals surface area contributed by atoms with Gasteiger partial charge < -0.3 is 9.84 Å². The molecule has 1 unspecified atom stereocenters. The molecular weight excluding hydrogens is 458 g/mol. The number of rotatable bonds is 7. The lowest BCUT2D eigenvalue weighted by atomic mass is 9.82. The first-order chi connectivity index (χ1) is 15.4. The molecule has 0 aliphatic carbocycles. The smallest absolute Gasteiger partial charge is 0.259 e. The highest BCUT2D eigenvalue weighted by atomic mass is 32.2. The molecule has 9 heteroatoms. The lowest BCUT2D eigenvalue weighted by molar-refractivity contribution is -0.117. The molecule has 1 aromatic heterocycles. The third-order valence-corrected chi connectivity index (χ3v) is 8.90. The van der Waals surface area contributed by atoms with Crippen molar-refractivity contribution in [1.82, 2.24) is 4.72 Å². The Hall–Kier alpha value is -2.25. The fourth-order valence-electron chi connectivity index (χ4n) is 4.13. The molecule has 1 aromatic carbocycles. The molecule has 2 heterocycles. The predicted molar refractivity (Wildman–Crippen MR) is 129 cm³/mol. The number of ether oxygens (including phenoxy) is 1. The normalized spacial score (nSPS) is 15.3. The van der Waals surface area contributed by atoms with Gasteiger partial charge in [-0.25, -0.2) is 8.93 Å². The van der Waals surface area contributed by atoms with E-state index in [0.29, 0.717) is 18.8 Å². The lowest BCUT2D eigenvalue weighted by Crippen LogP contribution is -2.21. The number of carbonyl (C=O) groups is 1. The minimum Gasteiger partial charge on any atom is -0.386 e. The number of nitrogens with one attached hydrogen (secondary N) is 1. The Morgan fingerprint density at radius 2 is 2.00 bits per heavy atom. The van der Waals surface area contributed by atoms with E-state index in [2.05, 4.69) is 42.8 Å². The number of nitriles is 1. The molecule has 0 saturated heterocycles. The van der Waals surface area contributed by atoms with E-state index in [-0.39, 0.29) is 22.5 Å². The van der Waals surface area contributed by atoms with Gasteiger partial charge in [0, 0.05) is 0 Å². The van der Waals surface area contributed by atoms with Gasteiger partial charge in [0.15, 0.2) is 16.1 Å². The predicted octanol–water partition coefficient (Wildman–Crippen LogP) is 4.83. The van der Waals surface area contributed by atoms with E-state index in [0.717, 1.165) is 39.2 Å². The standard InChI is InChI=1S/C24H31N3O4S2/c1-14(2)18-7-16-10-31-11-20(16)23(15(3)4)19(18)9-21(28)27-33(30,26-13-25)22-8-17(12-32-22)24(5,6)29/h7-8,12,14-15,29H,9-11H2,1-6H3,(H,26,27,28,30). The number of aliphatic hydroxyl groups is 1. The van der Waals surface area contributed by atoms with Crippen molar-refractivity contribution in [2.75, 3.05) is 0 Å². The van der Waals surface area contributed by atoms with Gasteiger partial charge in [-0.1, -0.05) is 33.8 Å². The summed E-state index contributed by atoms with van der Waals surface area (Å²) in [6, 6.07) is 3.64. The summed E-state index contributed by atoms with van der Waals surface area (Å²) in [7, 11) is -3.51. The molecular formula is C24H31N3O4S2. The van der Waals surface area contributed by atoms with E-state index in [1.807, 2.05) is 0 Å². The van der Waals surface area contributed by atoms with Gasteiger partial charge in [-0.2, -0.15) is 5.26 Å². The number of nitrogens with zero attached hydrogens (tertiary/aromatic N) is 2. The van der Waals surface area contributed by atoms with Crippen LogP contribution in [0.3, 0.4) is 0 Å². The summed E-state index contributed by atoms with van der Waals surface area (Å²) in [6.45, 7) is 12.6. The van der Waals surface area contributed by atoms with Crippen molar-refractivity contribution in [3.63, 3.8) is 0 Å². The Balaban J connectivity index is 2.08. The molecule has 2 aromatic rings. The second-order valence-electron chi connectivity index (χ2n) is 9.41. The average Bonchev–Trinajstić information content (AvgIpc) is 3.36. The van der Waals surface area contributed by atoms with Crippen molar-refractivity contribution in [2.45, 2.75) is 82.8 Å². The largest absolute Gasteiger partial charge is 0.386 e. The van der Waals surface area contributed by atoms with Crippen molar-refractivity contribution < 1.29 is 18.8 Å². The number of hydrogen-bond acceptors (Lipinski definition) is 6. The van der Waals surface area contributed by atoms with E-state index in [1.54, 1.807) is 25.4 Å². The fraction of sp³-hybridized carbons (Fsp3) is 0.500. The molecule has 7 nitrogen and oxygen atoms in total. The molecule has 0 bridgehead atoms. The molecule has 3 rings (SSSR count). The van der Waals surface area contributed by atoms with Crippen molar-refractivity contribution in [1.29, 1.82) is 5.26 Å². The average molecular weight is 490 g/mol. The van der Waals surface area contributed by atoms with Crippen LogP contribution >= 0.6 is 11.3 Å². The summed E-state index contributed by atoms with van der Waals surface area (Å²) in [5, 5.41) is 21.1. The van der Waals surface area contributed by atoms with E-state index < -0.39 is 21.4 Å². The maximum Gasteiger partial charge on any atom is 0.259 e. The van der Waals surface area contributed by atoms with E-state index >= 15 is 0 Å². The van der Waals surface area contributed by atoms with Gasteiger partial charge in [-0.3, -0.25) is 4.79 Å². The van der Waals surface area contributed by atoms with Crippen molar-refractivity contribution >= 4 is 27.2 Å². The van der Waals surface area contributed by atoms with Crippen LogP contribution in [0.15, 0.2) is 26.1 Å². The highest BCUT2D eigenvalue weighted by Gasteiger charge is 2.27. The van der Waals surface area contributed by atoms with Crippen LogP contribution in [0.1, 0.15) is 86.8 Å². The number of amides is 1. The van der Waals surface area contributed by atoms with E-state index in [1.165, 1.54) is 6.07 Å². The molecule has 33 heavy (non-hydrogen) atoms. The maximum absolute atomic E-state index is 13.5. The monoisotopic (exact) mass is 489 g/mol. The van der Waals surface area contributed by atoms with Gasteiger partial charge in [0.2, 0.25) is 0 Å². The molecule has 1 aliphatic heterocycles. The van der Waals surface area contributed by atoms with Crippen LogP contribution in [0.5, 0.6) is 0 Å². The molecule has 1 atom stereocenters. The Morgan fingerprint density at radius 1 is 1.30 bits per heavy atom. The molecule has 1 aliphatic rings. The summed E-state index contributed by atoms with van der Waals surface area (Å²) < 4.78 is 25.7. The zero-order valence-electron chi connectivity index (χ0n) is 19.9. The summed E-state index contributed by atoms with van der Waals surface area (Å²) in [4.78, 5) is 13.2. The second kappa shape index (κ2) is 9.55. The maximum atomic E-state index is 13.5. The lowest BCUT2D eigenvalue weighted by Gasteiger charge is -2.22. The fourth-order valence-corrected chi connectivity index (χ4v) is 6.83. The van der Waals surface area contributed by atoms with Crippen molar-refractivity contribution in [3.8, 4) is 6.19 Å². The van der Waals surface area contributed by atoms with Gasteiger partial charge >= 0.3 is 0 Å². The van der Waals surface area contributed by atoms with Gasteiger partial charge in [0.25, 0.3) is 5.91 Å². The van der Waals surface area contributed by atoms with Gasteiger partial charge in [0.05, 0.1) is 25.2 Å². The minimum atomic E-state index is -3.51. The summed E-state index contributed by atoms with van der Waals surface area (Å²) in [5.74, 6) is -0.205. The molecule has 1 amide bonds. The minimum absolute atomic E-state index is 0.0118. The Morgan fingerprint density at radius 3 is 2.55 bits per heavy atom. The number of thiophene rings is 1. The van der Waals surface area contributed by atoms with Crippen LogP contribution in [-0.2, 0) is 44.7 Å².